The maximum Gasteiger partial charge on any atom is 0.511 e. The van der Waals surface area contributed by atoms with Crippen molar-refractivity contribution < 1.29 is 14.6 Å². The van der Waals surface area contributed by atoms with Crippen LogP contribution in [0.25, 0.3) is 17.0 Å². The van der Waals surface area contributed by atoms with E-state index in [9.17, 15) is 4.79 Å². The number of H-pyrrole nitrogens is 1. The SMILES string of the molecule is Cc1cc(Cl)cc2[nH]c(-n3cc(OC(=O)O)cn3)nc12. The summed E-state index contributed by atoms with van der Waals surface area (Å²) in [5, 5.41) is 13.1. The average Bonchev–Trinajstić information content (AvgIpc) is 2.94. The lowest BCUT2D eigenvalue weighted by molar-refractivity contribution is 0.144. The second kappa shape index (κ2) is 4.53. The fourth-order valence-electron chi connectivity index (χ4n) is 1.92. The Hall–Kier alpha value is -2.54. The summed E-state index contributed by atoms with van der Waals surface area (Å²) in [5.74, 6) is 0.568. The van der Waals surface area contributed by atoms with Crippen molar-refractivity contribution in [1.29, 1.82) is 0 Å². The first kappa shape index (κ1) is 12.5. The number of carboxylic acid groups (broad SMARTS) is 1. The number of ether oxygens (including phenoxy) is 1. The first-order valence-corrected chi connectivity index (χ1v) is 6.02. The Morgan fingerprint density at radius 2 is 2.30 bits per heavy atom. The molecule has 0 saturated carbocycles. The van der Waals surface area contributed by atoms with E-state index in [4.69, 9.17) is 16.7 Å². The van der Waals surface area contributed by atoms with Gasteiger partial charge in [-0.2, -0.15) is 5.10 Å². The Labute approximate surface area is 117 Å². The van der Waals surface area contributed by atoms with Gasteiger partial charge in [0, 0.05) is 5.02 Å². The van der Waals surface area contributed by atoms with Crippen molar-refractivity contribution in [2.45, 2.75) is 6.92 Å². The molecule has 0 unspecified atom stereocenters. The van der Waals surface area contributed by atoms with E-state index in [1.54, 1.807) is 6.07 Å². The van der Waals surface area contributed by atoms with Crippen molar-refractivity contribution in [3.63, 3.8) is 0 Å². The summed E-state index contributed by atoms with van der Waals surface area (Å²) in [6.07, 6.45) is 1.32. The second-order valence-corrected chi connectivity index (χ2v) is 4.60. The minimum Gasteiger partial charge on any atom is -0.449 e. The minimum atomic E-state index is -1.39. The largest absolute Gasteiger partial charge is 0.511 e. The molecule has 7 nitrogen and oxygen atoms in total. The summed E-state index contributed by atoms with van der Waals surface area (Å²) in [6.45, 7) is 1.90. The highest BCUT2D eigenvalue weighted by atomic mass is 35.5. The zero-order valence-corrected chi connectivity index (χ0v) is 11.0. The highest BCUT2D eigenvalue weighted by Gasteiger charge is 2.11. The van der Waals surface area contributed by atoms with Gasteiger partial charge in [-0.05, 0) is 24.6 Å². The molecule has 2 aromatic heterocycles. The Bertz CT molecular complexity index is 808. The first-order valence-electron chi connectivity index (χ1n) is 5.64. The van der Waals surface area contributed by atoms with Gasteiger partial charge in [-0.3, -0.25) is 0 Å². The number of halogens is 1. The Morgan fingerprint density at radius 3 is 3.05 bits per heavy atom. The monoisotopic (exact) mass is 292 g/mol. The van der Waals surface area contributed by atoms with E-state index >= 15 is 0 Å². The average molecular weight is 293 g/mol. The fourth-order valence-corrected chi connectivity index (χ4v) is 2.19. The number of hydrogen-bond acceptors (Lipinski definition) is 4. The van der Waals surface area contributed by atoms with E-state index in [1.807, 2.05) is 13.0 Å². The molecule has 8 heteroatoms. The maximum atomic E-state index is 10.4. The van der Waals surface area contributed by atoms with Crippen LogP contribution in [0.3, 0.4) is 0 Å². The maximum absolute atomic E-state index is 10.4. The lowest BCUT2D eigenvalue weighted by Gasteiger charge is -1.94. The number of fused-ring (bicyclic) bond motifs is 1. The Morgan fingerprint density at radius 1 is 1.50 bits per heavy atom. The van der Waals surface area contributed by atoms with E-state index in [0.717, 1.165) is 16.6 Å². The highest BCUT2D eigenvalue weighted by Crippen LogP contribution is 2.23. The molecule has 0 saturated heterocycles. The van der Waals surface area contributed by atoms with Gasteiger partial charge in [-0.25, -0.2) is 14.5 Å². The normalized spacial score (nSPS) is 10.9. The van der Waals surface area contributed by atoms with Crippen LogP contribution in [-0.4, -0.2) is 31.0 Å². The molecule has 2 heterocycles. The zero-order chi connectivity index (χ0) is 14.3. The molecular formula is C12H9ClN4O3. The Balaban J connectivity index is 2.04. The fraction of sp³-hybridized carbons (Fsp3) is 0.0833. The van der Waals surface area contributed by atoms with Crippen LogP contribution in [0.5, 0.6) is 5.75 Å². The molecule has 0 amide bonds. The number of aromatic amines is 1. The van der Waals surface area contributed by atoms with Gasteiger partial charge in [0.05, 0.1) is 23.4 Å². The van der Waals surface area contributed by atoms with Crippen LogP contribution in [0.15, 0.2) is 24.5 Å². The van der Waals surface area contributed by atoms with Crippen molar-refractivity contribution in [1.82, 2.24) is 19.7 Å². The van der Waals surface area contributed by atoms with Crippen molar-refractivity contribution in [2.75, 3.05) is 0 Å². The molecule has 1 aromatic carbocycles. The third-order valence-corrected chi connectivity index (χ3v) is 2.93. The van der Waals surface area contributed by atoms with Crippen LogP contribution in [-0.2, 0) is 0 Å². The molecule has 102 valence electrons. The zero-order valence-electron chi connectivity index (χ0n) is 10.3. The first-order chi connectivity index (χ1) is 9.52. The second-order valence-electron chi connectivity index (χ2n) is 4.17. The van der Waals surface area contributed by atoms with Crippen molar-refractivity contribution in [2.24, 2.45) is 0 Å². The summed E-state index contributed by atoms with van der Waals surface area (Å²) in [4.78, 5) is 17.9. The number of imidazole rings is 1. The van der Waals surface area contributed by atoms with Crippen molar-refractivity contribution in [3.8, 4) is 11.7 Å². The molecular weight excluding hydrogens is 284 g/mol. The molecule has 0 fully saturated rings. The number of rotatable bonds is 2. The number of nitrogens with one attached hydrogen (secondary N) is 1. The molecule has 2 N–H and O–H groups in total. The van der Waals surface area contributed by atoms with Gasteiger partial charge >= 0.3 is 6.16 Å². The standard InChI is InChI=1S/C12H9ClN4O3/c1-6-2-7(13)3-9-10(6)16-11(15-9)17-5-8(4-14-17)20-12(18)19/h2-5H,1H3,(H,15,16)(H,18,19). The van der Waals surface area contributed by atoms with Gasteiger partial charge in [0.25, 0.3) is 0 Å². The van der Waals surface area contributed by atoms with E-state index in [0.29, 0.717) is 11.0 Å². The topological polar surface area (TPSA) is 93.0 Å². The lowest BCUT2D eigenvalue weighted by atomic mass is 10.2. The van der Waals surface area contributed by atoms with Crippen LogP contribution in [0, 0.1) is 6.92 Å². The summed E-state index contributed by atoms with van der Waals surface area (Å²) in [7, 11) is 0. The van der Waals surface area contributed by atoms with Crippen molar-refractivity contribution >= 4 is 28.8 Å². The molecule has 3 rings (SSSR count). The molecule has 0 spiro atoms. The molecule has 0 radical (unpaired) electrons. The highest BCUT2D eigenvalue weighted by molar-refractivity contribution is 6.31. The molecule has 0 atom stereocenters. The predicted octanol–water partition coefficient (Wildman–Crippen LogP) is 2.77. The van der Waals surface area contributed by atoms with Gasteiger partial charge in [0.15, 0.2) is 5.75 Å². The summed E-state index contributed by atoms with van der Waals surface area (Å²) >= 11 is 5.99. The van der Waals surface area contributed by atoms with Crippen LogP contribution in [0.2, 0.25) is 5.02 Å². The van der Waals surface area contributed by atoms with Gasteiger partial charge in [-0.15, -0.1) is 0 Å². The summed E-state index contributed by atoms with van der Waals surface area (Å²) < 4.78 is 5.90. The number of aromatic nitrogens is 4. The van der Waals surface area contributed by atoms with Gasteiger partial charge in [0.1, 0.15) is 0 Å². The van der Waals surface area contributed by atoms with Gasteiger partial charge < -0.3 is 14.8 Å². The van der Waals surface area contributed by atoms with Gasteiger partial charge in [-0.1, -0.05) is 11.6 Å². The third kappa shape index (κ3) is 2.19. The molecule has 0 bridgehead atoms. The Kier molecular flexibility index (Phi) is 2.83. The smallest absolute Gasteiger partial charge is 0.449 e. The van der Waals surface area contributed by atoms with E-state index in [-0.39, 0.29) is 5.75 Å². The van der Waals surface area contributed by atoms with Crippen molar-refractivity contribution in [3.05, 3.63) is 35.1 Å². The lowest BCUT2D eigenvalue weighted by Crippen LogP contribution is -2.02. The number of carbonyl (C=O) groups is 1. The van der Waals surface area contributed by atoms with E-state index in [2.05, 4.69) is 19.8 Å². The molecule has 0 aliphatic heterocycles. The molecule has 0 aliphatic carbocycles. The number of benzene rings is 1. The van der Waals surface area contributed by atoms with E-state index in [1.165, 1.54) is 17.1 Å². The third-order valence-electron chi connectivity index (χ3n) is 2.71. The van der Waals surface area contributed by atoms with Crippen LogP contribution in [0.4, 0.5) is 4.79 Å². The molecule has 3 aromatic rings. The van der Waals surface area contributed by atoms with Crippen LogP contribution < -0.4 is 4.74 Å². The summed E-state index contributed by atoms with van der Waals surface area (Å²) in [6, 6.07) is 3.58. The predicted molar refractivity (Wildman–Crippen MR) is 71.6 cm³/mol. The quantitative estimate of drug-likeness (QED) is 0.708. The number of hydrogen-bond donors (Lipinski definition) is 2. The number of aryl methyl sites for hydroxylation is 1. The molecule has 20 heavy (non-hydrogen) atoms. The molecule has 0 aliphatic rings. The summed E-state index contributed by atoms with van der Waals surface area (Å²) in [5.41, 5.74) is 2.49. The van der Waals surface area contributed by atoms with Crippen LogP contribution in [0.1, 0.15) is 5.56 Å². The van der Waals surface area contributed by atoms with E-state index < -0.39 is 6.16 Å². The minimum absolute atomic E-state index is 0.118. The van der Waals surface area contributed by atoms with Gasteiger partial charge in [0.2, 0.25) is 5.95 Å². The van der Waals surface area contributed by atoms with Crippen LogP contribution >= 0.6 is 11.6 Å². The number of nitrogens with zero attached hydrogens (tertiary/aromatic N) is 3.